The van der Waals surface area contributed by atoms with Gasteiger partial charge in [0.05, 0.1) is 17.6 Å². The Balaban J connectivity index is 0.00000242. The molecule has 6 heteroatoms. The molecule has 0 aliphatic heterocycles. The number of aromatic nitrogens is 2. The van der Waals surface area contributed by atoms with Crippen LogP contribution in [-0.4, -0.2) is 22.9 Å². The fourth-order valence-electron chi connectivity index (χ4n) is 2.26. The minimum atomic E-state index is -0.270. The molecule has 0 bridgehead atoms. The Morgan fingerprint density at radius 2 is 1.91 bits per heavy atom. The molecule has 0 atom stereocenters. The molecule has 22 heavy (non-hydrogen) atoms. The van der Waals surface area contributed by atoms with Gasteiger partial charge in [-0.25, -0.2) is 0 Å². The predicted octanol–water partition coefficient (Wildman–Crippen LogP) is 2.86. The lowest BCUT2D eigenvalue weighted by Crippen LogP contribution is -2.31. The molecule has 0 unspecified atom stereocenters. The van der Waals surface area contributed by atoms with Crippen molar-refractivity contribution in [2.75, 3.05) is 23.7 Å². The van der Waals surface area contributed by atoms with Gasteiger partial charge in [0.25, 0.3) is 5.56 Å². The largest absolute Gasteiger partial charge is 0.392 e. The van der Waals surface area contributed by atoms with Crippen LogP contribution < -0.4 is 16.2 Å². The van der Waals surface area contributed by atoms with Crippen LogP contribution in [0.2, 0.25) is 0 Å². The average Bonchev–Trinajstić information content (AvgIpc) is 2.52. The number of hydrogen-bond donors (Lipinski definition) is 1. The summed E-state index contributed by atoms with van der Waals surface area (Å²) in [7, 11) is 0. The van der Waals surface area contributed by atoms with Gasteiger partial charge in [0.2, 0.25) is 0 Å². The average molecular weight is 323 g/mol. The molecule has 0 amide bonds. The van der Waals surface area contributed by atoms with Gasteiger partial charge in [-0.05, 0) is 25.5 Å². The van der Waals surface area contributed by atoms with E-state index in [2.05, 4.69) is 23.8 Å². The Labute approximate surface area is 137 Å². The fraction of sp³-hybridized carbons (Fsp3) is 0.375. The third-order valence-electron chi connectivity index (χ3n) is 3.50. The molecule has 2 N–H and O–H groups in total. The molecule has 1 aromatic carbocycles. The highest BCUT2D eigenvalue weighted by Crippen LogP contribution is 2.19. The smallest absolute Gasteiger partial charge is 0.296 e. The quantitative estimate of drug-likeness (QED) is 0.888. The van der Waals surface area contributed by atoms with Crippen LogP contribution in [0.4, 0.5) is 11.4 Å². The minimum absolute atomic E-state index is 0. The number of benzene rings is 1. The second-order valence-electron chi connectivity index (χ2n) is 4.93. The third-order valence-corrected chi connectivity index (χ3v) is 3.50. The van der Waals surface area contributed by atoms with E-state index in [4.69, 9.17) is 5.73 Å². The van der Waals surface area contributed by atoms with Gasteiger partial charge in [0.15, 0.2) is 0 Å². The number of hydrogen-bond acceptors (Lipinski definition) is 4. The Kier molecular flexibility index (Phi) is 6.92. The lowest BCUT2D eigenvalue weighted by molar-refractivity contribution is 0.723. The van der Waals surface area contributed by atoms with Crippen molar-refractivity contribution in [2.24, 2.45) is 0 Å². The Morgan fingerprint density at radius 3 is 2.50 bits per heavy atom. The van der Waals surface area contributed by atoms with Crippen molar-refractivity contribution in [1.82, 2.24) is 9.78 Å². The highest BCUT2D eigenvalue weighted by atomic mass is 35.5. The molecule has 0 aliphatic carbocycles. The first-order chi connectivity index (χ1) is 10.2. The highest BCUT2D eigenvalue weighted by Gasteiger charge is 2.14. The van der Waals surface area contributed by atoms with Crippen LogP contribution in [0.5, 0.6) is 0 Å². The molecule has 2 rings (SSSR count). The van der Waals surface area contributed by atoms with E-state index in [9.17, 15) is 4.79 Å². The van der Waals surface area contributed by atoms with Gasteiger partial charge >= 0.3 is 0 Å². The summed E-state index contributed by atoms with van der Waals surface area (Å²) < 4.78 is 1.34. The molecule has 2 aromatic rings. The van der Waals surface area contributed by atoms with Crippen molar-refractivity contribution < 1.29 is 0 Å². The second kappa shape index (κ2) is 8.44. The van der Waals surface area contributed by atoms with Gasteiger partial charge in [0, 0.05) is 13.1 Å². The van der Waals surface area contributed by atoms with E-state index in [1.807, 2.05) is 30.3 Å². The molecule has 0 aliphatic rings. The van der Waals surface area contributed by atoms with Crippen LogP contribution in [0.15, 0.2) is 41.3 Å². The number of nitrogens with zero attached hydrogens (tertiary/aromatic N) is 3. The first-order valence-corrected chi connectivity index (χ1v) is 7.37. The highest BCUT2D eigenvalue weighted by molar-refractivity contribution is 5.85. The van der Waals surface area contributed by atoms with Gasteiger partial charge in [0.1, 0.15) is 5.69 Å². The maximum Gasteiger partial charge on any atom is 0.296 e. The summed E-state index contributed by atoms with van der Waals surface area (Å²) in [6.07, 6.45) is 3.85. The van der Waals surface area contributed by atoms with Gasteiger partial charge in [-0.2, -0.15) is 9.78 Å². The Morgan fingerprint density at radius 1 is 1.23 bits per heavy atom. The van der Waals surface area contributed by atoms with E-state index in [-0.39, 0.29) is 23.7 Å². The molecule has 0 saturated carbocycles. The molecule has 5 nitrogen and oxygen atoms in total. The van der Waals surface area contributed by atoms with Crippen molar-refractivity contribution in [3.05, 3.63) is 46.9 Å². The van der Waals surface area contributed by atoms with E-state index in [1.54, 1.807) is 6.20 Å². The number of rotatable bonds is 6. The Bertz CT molecular complexity index is 642. The van der Waals surface area contributed by atoms with Crippen molar-refractivity contribution in [3.63, 3.8) is 0 Å². The van der Waals surface area contributed by atoms with Gasteiger partial charge < -0.3 is 10.6 Å². The molecule has 0 fully saturated rings. The molecule has 120 valence electrons. The first kappa shape index (κ1) is 18.0. The fourth-order valence-corrected chi connectivity index (χ4v) is 2.26. The summed E-state index contributed by atoms with van der Waals surface area (Å²) in [6, 6.07) is 9.31. The number of unbranched alkanes of at least 4 members (excludes halogenated alkanes) is 1. The molecule has 1 heterocycles. The summed E-state index contributed by atoms with van der Waals surface area (Å²) in [5, 5.41) is 4.27. The third kappa shape index (κ3) is 3.80. The number of para-hydroxylation sites is 1. The van der Waals surface area contributed by atoms with Crippen LogP contribution >= 0.6 is 12.4 Å². The van der Waals surface area contributed by atoms with Crippen molar-refractivity contribution >= 4 is 23.8 Å². The van der Waals surface area contributed by atoms with E-state index in [1.165, 1.54) is 4.68 Å². The number of nitrogens with two attached hydrogens (primary N) is 1. The second-order valence-corrected chi connectivity index (χ2v) is 4.93. The standard InChI is InChI=1S/C16H22N4O.ClH/c1-3-5-11-19(4-2)14-12-18-20(16(21)15(14)17)13-9-7-6-8-10-13;/h6-10,12H,3-5,11,17H2,1-2H3;1H. The van der Waals surface area contributed by atoms with Crippen molar-refractivity contribution in [2.45, 2.75) is 26.7 Å². The maximum atomic E-state index is 12.4. The Hall–Kier alpha value is -2.01. The van der Waals surface area contributed by atoms with E-state index in [0.717, 1.165) is 37.3 Å². The monoisotopic (exact) mass is 322 g/mol. The zero-order valence-corrected chi connectivity index (χ0v) is 13.8. The summed E-state index contributed by atoms with van der Waals surface area (Å²) in [5.41, 5.74) is 7.49. The first-order valence-electron chi connectivity index (χ1n) is 7.37. The number of nitrogen functional groups attached to an aromatic ring is 1. The van der Waals surface area contributed by atoms with Crippen molar-refractivity contribution in [1.29, 1.82) is 0 Å². The van der Waals surface area contributed by atoms with E-state index < -0.39 is 0 Å². The zero-order chi connectivity index (χ0) is 15.2. The zero-order valence-electron chi connectivity index (χ0n) is 13.0. The van der Waals surface area contributed by atoms with Crippen LogP contribution in [-0.2, 0) is 0 Å². The summed E-state index contributed by atoms with van der Waals surface area (Å²) in [4.78, 5) is 14.5. The predicted molar refractivity (Wildman–Crippen MR) is 94.3 cm³/mol. The molecule has 0 spiro atoms. The summed E-state index contributed by atoms with van der Waals surface area (Å²) >= 11 is 0. The minimum Gasteiger partial charge on any atom is -0.392 e. The van der Waals surface area contributed by atoms with E-state index in [0.29, 0.717) is 0 Å². The van der Waals surface area contributed by atoms with Crippen LogP contribution in [0.1, 0.15) is 26.7 Å². The summed E-state index contributed by atoms with van der Waals surface area (Å²) in [5.74, 6) is 0. The summed E-state index contributed by atoms with van der Waals surface area (Å²) in [6.45, 7) is 5.88. The molecular weight excluding hydrogens is 300 g/mol. The topological polar surface area (TPSA) is 64.2 Å². The van der Waals surface area contributed by atoms with Crippen LogP contribution in [0.3, 0.4) is 0 Å². The van der Waals surface area contributed by atoms with Gasteiger partial charge in [-0.15, -0.1) is 12.4 Å². The van der Waals surface area contributed by atoms with Crippen LogP contribution in [0.25, 0.3) is 5.69 Å². The SMILES string of the molecule is CCCCN(CC)c1cnn(-c2ccccc2)c(=O)c1N.Cl. The molecule has 1 aromatic heterocycles. The van der Waals surface area contributed by atoms with Gasteiger partial charge in [-0.3, -0.25) is 4.79 Å². The molecular formula is C16H23ClN4O. The van der Waals surface area contributed by atoms with Gasteiger partial charge in [-0.1, -0.05) is 31.5 Å². The number of halogens is 1. The molecule has 0 saturated heterocycles. The van der Waals surface area contributed by atoms with Crippen molar-refractivity contribution in [3.8, 4) is 5.69 Å². The number of anilines is 2. The lowest BCUT2D eigenvalue weighted by Gasteiger charge is -2.24. The van der Waals surface area contributed by atoms with Crippen LogP contribution in [0, 0.1) is 0 Å². The normalized spacial score (nSPS) is 10.1. The maximum absolute atomic E-state index is 12.4. The molecule has 0 radical (unpaired) electrons. The lowest BCUT2D eigenvalue weighted by atomic mass is 10.2. The van der Waals surface area contributed by atoms with E-state index >= 15 is 0 Å².